The molecule has 164 valence electrons. The molecule has 0 aliphatic rings. The number of aromatic nitrogens is 2. The SMILES string of the molecule is CC(C)(Oc1nc(C(=O)NCCO)cc2ccccc12)c1ccc2c(O)cnc(Cl)c2c1. The Labute approximate surface area is 189 Å². The van der Waals surface area contributed by atoms with Crippen LogP contribution in [0.1, 0.15) is 29.9 Å². The number of aliphatic hydroxyl groups is 1. The fourth-order valence-corrected chi connectivity index (χ4v) is 3.70. The van der Waals surface area contributed by atoms with Gasteiger partial charge >= 0.3 is 0 Å². The van der Waals surface area contributed by atoms with Crippen LogP contribution in [0.15, 0.2) is 54.7 Å². The van der Waals surface area contributed by atoms with Gasteiger partial charge in [0.2, 0.25) is 5.88 Å². The molecule has 0 atom stereocenters. The molecule has 2 aromatic heterocycles. The highest BCUT2D eigenvalue weighted by Crippen LogP contribution is 2.36. The summed E-state index contributed by atoms with van der Waals surface area (Å²) in [5.74, 6) is -0.0436. The van der Waals surface area contributed by atoms with Crippen molar-refractivity contribution in [2.75, 3.05) is 13.2 Å². The number of hydrogen-bond acceptors (Lipinski definition) is 6. The van der Waals surface area contributed by atoms with E-state index in [-0.39, 0.29) is 29.7 Å². The number of amides is 1. The second-order valence-corrected chi connectivity index (χ2v) is 8.18. The van der Waals surface area contributed by atoms with Crippen LogP contribution in [-0.4, -0.2) is 39.2 Å². The van der Waals surface area contributed by atoms with Gasteiger partial charge in [-0.1, -0.05) is 41.9 Å². The van der Waals surface area contributed by atoms with Crippen LogP contribution in [0.25, 0.3) is 21.5 Å². The molecule has 0 bridgehead atoms. The number of pyridine rings is 2. The minimum absolute atomic E-state index is 0.0453. The van der Waals surface area contributed by atoms with E-state index in [0.29, 0.717) is 16.7 Å². The molecule has 0 fully saturated rings. The Balaban J connectivity index is 1.77. The van der Waals surface area contributed by atoms with Crippen molar-refractivity contribution in [3.8, 4) is 11.6 Å². The summed E-state index contributed by atoms with van der Waals surface area (Å²) in [6, 6.07) is 14.6. The third-order valence-corrected chi connectivity index (χ3v) is 5.50. The Hall–Kier alpha value is -3.42. The monoisotopic (exact) mass is 451 g/mol. The Morgan fingerprint density at radius 3 is 2.69 bits per heavy atom. The first-order valence-corrected chi connectivity index (χ1v) is 10.4. The van der Waals surface area contributed by atoms with Crippen LogP contribution >= 0.6 is 11.6 Å². The van der Waals surface area contributed by atoms with E-state index in [1.165, 1.54) is 6.20 Å². The molecule has 8 heteroatoms. The van der Waals surface area contributed by atoms with E-state index < -0.39 is 11.5 Å². The summed E-state index contributed by atoms with van der Waals surface area (Å²) in [5.41, 5.74) is 0.137. The van der Waals surface area contributed by atoms with Gasteiger partial charge in [0.1, 0.15) is 22.2 Å². The Bertz CT molecular complexity index is 1320. The van der Waals surface area contributed by atoms with Crippen LogP contribution in [0.2, 0.25) is 5.15 Å². The summed E-state index contributed by atoms with van der Waals surface area (Å²) in [4.78, 5) is 20.9. The molecule has 0 saturated heterocycles. The van der Waals surface area contributed by atoms with Crippen molar-refractivity contribution in [2.45, 2.75) is 19.4 Å². The van der Waals surface area contributed by atoms with Gasteiger partial charge in [0, 0.05) is 22.7 Å². The summed E-state index contributed by atoms with van der Waals surface area (Å²) >= 11 is 6.25. The van der Waals surface area contributed by atoms with E-state index in [1.807, 2.05) is 50.2 Å². The third-order valence-electron chi connectivity index (χ3n) is 5.20. The Morgan fingerprint density at radius 2 is 1.91 bits per heavy atom. The van der Waals surface area contributed by atoms with Crippen molar-refractivity contribution in [2.24, 2.45) is 0 Å². The number of nitrogens with one attached hydrogen (secondary N) is 1. The number of hydrogen-bond donors (Lipinski definition) is 3. The van der Waals surface area contributed by atoms with Crippen molar-refractivity contribution in [1.82, 2.24) is 15.3 Å². The molecular formula is C24H22ClN3O4. The van der Waals surface area contributed by atoms with Gasteiger partial charge in [0.25, 0.3) is 5.91 Å². The van der Waals surface area contributed by atoms with Gasteiger partial charge in [-0.05, 0) is 43.0 Å². The Morgan fingerprint density at radius 1 is 1.12 bits per heavy atom. The maximum absolute atomic E-state index is 12.5. The highest BCUT2D eigenvalue weighted by atomic mass is 35.5. The number of nitrogens with zero attached hydrogens (tertiary/aromatic N) is 2. The van der Waals surface area contributed by atoms with Gasteiger partial charge in [-0.25, -0.2) is 9.97 Å². The summed E-state index contributed by atoms with van der Waals surface area (Å²) in [6.07, 6.45) is 1.31. The minimum Gasteiger partial charge on any atom is -0.506 e. The van der Waals surface area contributed by atoms with Crippen LogP contribution in [0.5, 0.6) is 11.6 Å². The van der Waals surface area contributed by atoms with Crippen molar-refractivity contribution >= 4 is 39.1 Å². The molecule has 0 radical (unpaired) electrons. The lowest BCUT2D eigenvalue weighted by atomic mass is 9.95. The predicted octanol–water partition coefficient (Wildman–Crippen LogP) is 4.18. The van der Waals surface area contributed by atoms with Crippen molar-refractivity contribution in [3.05, 3.63) is 71.1 Å². The smallest absolute Gasteiger partial charge is 0.270 e. The first-order chi connectivity index (χ1) is 15.3. The molecule has 7 nitrogen and oxygen atoms in total. The zero-order valence-electron chi connectivity index (χ0n) is 17.6. The molecular weight excluding hydrogens is 430 g/mol. The summed E-state index contributed by atoms with van der Waals surface area (Å²) < 4.78 is 6.35. The first-order valence-electron chi connectivity index (χ1n) is 10.1. The molecule has 0 unspecified atom stereocenters. The fraction of sp³-hybridized carbons (Fsp3) is 0.208. The highest BCUT2D eigenvalue weighted by Gasteiger charge is 2.26. The number of fused-ring (bicyclic) bond motifs is 2. The van der Waals surface area contributed by atoms with E-state index >= 15 is 0 Å². The van der Waals surface area contributed by atoms with Gasteiger partial charge in [0.05, 0.1) is 12.8 Å². The highest BCUT2D eigenvalue weighted by molar-refractivity contribution is 6.34. The van der Waals surface area contributed by atoms with Crippen LogP contribution in [-0.2, 0) is 5.60 Å². The van der Waals surface area contributed by atoms with Gasteiger partial charge < -0.3 is 20.3 Å². The summed E-state index contributed by atoms with van der Waals surface area (Å²) in [6.45, 7) is 3.74. The molecule has 4 rings (SSSR count). The minimum atomic E-state index is -0.848. The molecule has 3 N–H and O–H groups in total. The number of aliphatic hydroxyl groups excluding tert-OH is 1. The van der Waals surface area contributed by atoms with Crippen LogP contribution in [0.3, 0.4) is 0 Å². The second kappa shape index (κ2) is 8.61. The van der Waals surface area contributed by atoms with Crippen LogP contribution in [0, 0.1) is 0 Å². The standard InChI is InChI=1S/C24H22ClN3O4/c1-24(2,15-7-8-17-18(12-15)21(25)27-13-20(17)30)32-23-16-6-4-3-5-14(16)11-19(28-23)22(31)26-9-10-29/h3-8,11-13,29-30H,9-10H2,1-2H3,(H,26,31). The molecule has 1 amide bonds. The van der Waals surface area contributed by atoms with Gasteiger partial charge in [-0.3, -0.25) is 4.79 Å². The lowest BCUT2D eigenvalue weighted by Crippen LogP contribution is -2.29. The van der Waals surface area contributed by atoms with E-state index in [9.17, 15) is 9.90 Å². The van der Waals surface area contributed by atoms with Gasteiger partial charge in [-0.15, -0.1) is 0 Å². The topological polar surface area (TPSA) is 105 Å². The van der Waals surface area contributed by atoms with Crippen LogP contribution < -0.4 is 10.1 Å². The average Bonchev–Trinajstić information content (AvgIpc) is 2.79. The fourth-order valence-electron chi connectivity index (χ4n) is 3.49. The largest absolute Gasteiger partial charge is 0.506 e. The molecule has 0 spiro atoms. The number of rotatable bonds is 6. The van der Waals surface area contributed by atoms with Gasteiger partial charge in [-0.2, -0.15) is 0 Å². The summed E-state index contributed by atoms with van der Waals surface area (Å²) in [5, 5.41) is 24.7. The molecule has 0 aliphatic heterocycles. The van der Waals surface area contributed by atoms with Crippen molar-refractivity contribution in [3.63, 3.8) is 0 Å². The molecule has 2 aromatic carbocycles. The molecule has 32 heavy (non-hydrogen) atoms. The zero-order valence-corrected chi connectivity index (χ0v) is 18.3. The molecule has 0 aliphatic carbocycles. The number of carbonyl (C=O) groups excluding carboxylic acids is 1. The second-order valence-electron chi connectivity index (χ2n) is 7.82. The average molecular weight is 452 g/mol. The van der Waals surface area contributed by atoms with E-state index in [4.69, 9.17) is 21.4 Å². The lowest BCUT2D eigenvalue weighted by molar-refractivity contribution is 0.0921. The van der Waals surface area contributed by atoms with E-state index in [0.717, 1.165) is 16.3 Å². The number of halogens is 1. The number of carbonyl (C=O) groups is 1. The van der Waals surface area contributed by atoms with Crippen molar-refractivity contribution in [1.29, 1.82) is 0 Å². The number of aromatic hydroxyl groups is 1. The predicted molar refractivity (Wildman–Crippen MR) is 123 cm³/mol. The molecule has 0 saturated carbocycles. The Kier molecular flexibility index (Phi) is 5.86. The maximum Gasteiger partial charge on any atom is 0.270 e. The molecule has 2 heterocycles. The number of ether oxygens (including phenoxy) is 1. The number of benzene rings is 2. The normalized spacial score (nSPS) is 11.6. The van der Waals surface area contributed by atoms with Crippen molar-refractivity contribution < 1.29 is 19.7 Å². The van der Waals surface area contributed by atoms with E-state index in [2.05, 4.69) is 15.3 Å². The zero-order chi connectivity index (χ0) is 22.9. The maximum atomic E-state index is 12.5. The van der Waals surface area contributed by atoms with E-state index in [1.54, 1.807) is 12.1 Å². The quantitative estimate of drug-likeness (QED) is 0.380. The van der Waals surface area contributed by atoms with Crippen LogP contribution in [0.4, 0.5) is 0 Å². The molecule has 4 aromatic rings. The lowest BCUT2D eigenvalue weighted by Gasteiger charge is -2.27. The summed E-state index contributed by atoms with van der Waals surface area (Å²) in [7, 11) is 0. The van der Waals surface area contributed by atoms with Gasteiger partial charge in [0.15, 0.2) is 0 Å². The first kappa shape index (κ1) is 21.8. The third kappa shape index (κ3) is 4.17.